The zero-order chi connectivity index (χ0) is 12.3. The summed E-state index contributed by atoms with van der Waals surface area (Å²) < 4.78 is 6.78. The number of aromatic hydroxyl groups is 1. The van der Waals surface area contributed by atoms with Crippen LogP contribution in [-0.2, 0) is 4.74 Å². The maximum Gasteiger partial charge on any atom is 0.138 e. The lowest BCUT2D eigenvalue weighted by Gasteiger charge is -2.23. The fourth-order valence-electron chi connectivity index (χ4n) is 1.50. The first-order chi connectivity index (χ1) is 8.16. The highest BCUT2D eigenvalue weighted by Gasteiger charge is 2.08. The van der Waals surface area contributed by atoms with E-state index in [1.807, 2.05) is 11.1 Å². The highest BCUT2D eigenvalue weighted by Crippen LogP contribution is 2.30. The minimum absolute atomic E-state index is 0.199. The Morgan fingerprint density at radius 3 is 2.71 bits per heavy atom. The van der Waals surface area contributed by atoms with Gasteiger partial charge in [-0.15, -0.1) is 0 Å². The summed E-state index contributed by atoms with van der Waals surface area (Å²) in [6, 6.07) is 3.62. The number of nitrogens with zero attached hydrogens (tertiary/aromatic N) is 2. The lowest BCUT2D eigenvalue weighted by atomic mass is 10.2. The molecule has 0 aliphatic carbocycles. The van der Waals surface area contributed by atoms with Crippen LogP contribution in [0.1, 0.15) is 5.56 Å². The SMILES string of the molecule is Oc1c(Br)cc(Br)cc1/C=N/N1CCOCC1. The van der Waals surface area contributed by atoms with Crippen molar-refractivity contribution >= 4 is 38.1 Å². The quantitative estimate of drug-likeness (QED) is 0.821. The van der Waals surface area contributed by atoms with E-state index < -0.39 is 0 Å². The molecule has 1 fully saturated rings. The van der Waals surface area contributed by atoms with Gasteiger partial charge >= 0.3 is 0 Å². The molecule has 0 unspecified atom stereocenters. The summed E-state index contributed by atoms with van der Waals surface area (Å²) in [5, 5.41) is 16.1. The van der Waals surface area contributed by atoms with Gasteiger partial charge in [0, 0.05) is 10.0 Å². The number of halogens is 2. The Kier molecular flexibility index (Phi) is 4.42. The molecule has 0 saturated carbocycles. The highest BCUT2D eigenvalue weighted by molar-refractivity contribution is 9.11. The van der Waals surface area contributed by atoms with Crippen molar-refractivity contribution in [2.45, 2.75) is 0 Å². The second kappa shape index (κ2) is 5.84. The normalized spacial score (nSPS) is 16.7. The van der Waals surface area contributed by atoms with E-state index in [9.17, 15) is 5.11 Å². The van der Waals surface area contributed by atoms with Crippen LogP contribution in [-0.4, -0.2) is 42.6 Å². The lowest BCUT2D eigenvalue weighted by Crippen LogP contribution is -2.32. The molecule has 0 amide bonds. The van der Waals surface area contributed by atoms with E-state index in [-0.39, 0.29) is 5.75 Å². The van der Waals surface area contributed by atoms with Gasteiger partial charge in [-0.3, -0.25) is 5.01 Å². The summed E-state index contributed by atoms with van der Waals surface area (Å²) in [5.74, 6) is 0.199. The third-order valence-electron chi connectivity index (χ3n) is 2.41. The predicted molar refractivity (Wildman–Crippen MR) is 73.5 cm³/mol. The van der Waals surface area contributed by atoms with Crippen molar-refractivity contribution in [1.82, 2.24) is 5.01 Å². The van der Waals surface area contributed by atoms with E-state index in [2.05, 4.69) is 37.0 Å². The number of ether oxygens (including phenoxy) is 1. The van der Waals surface area contributed by atoms with Crippen molar-refractivity contribution in [3.63, 3.8) is 0 Å². The molecule has 17 heavy (non-hydrogen) atoms. The molecule has 0 bridgehead atoms. The molecule has 4 nitrogen and oxygen atoms in total. The number of rotatable bonds is 2. The fraction of sp³-hybridized carbons (Fsp3) is 0.364. The van der Waals surface area contributed by atoms with Crippen LogP contribution in [0.2, 0.25) is 0 Å². The molecule has 0 aromatic heterocycles. The predicted octanol–water partition coefficient (Wildman–Crippen LogP) is 2.58. The Hall–Kier alpha value is -0.590. The number of morpholine rings is 1. The maximum absolute atomic E-state index is 9.85. The van der Waals surface area contributed by atoms with Crippen molar-refractivity contribution in [2.75, 3.05) is 26.3 Å². The number of phenols is 1. The van der Waals surface area contributed by atoms with E-state index in [1.165, 1.54) is 0 Å². The van der Waals surface area contributed by atoms with E-state index >= 15 is 0 Å². The number of phenolic OH excluding ortho intramolecular Hbond substituents is 1. The molecule has 92 valence electrons. The van der Waals surface area contributed by atoms with Crippen LogP contribution in [0.25, 0.3) is 0 Å². The Balaban J connectivity index is 2.14. The van der Waals surface area contributed by atoms with E-state index in [4.69, 9.17) is 4.74 Å². The van der Waals surface area contributed by atoms with Crippen molar-refractivity contribution < 1.29 is 9.84 Å². The number of hydrogen-bond acceptors (Lipinski definition) is 4. The van der Waals surface area contributed by atoms with Gasteiger partial charge in [0.2, 0.25) is 0 Å². The smallest absolute Gasteiger partial charge is 0.138 e. The van der Waals surface area contributed by atoms with E-state index in [1.54, 1.807) is 12.3 Å². The number of hydrazone groups is 1. The average molecular weight is 364 g/mol. The first-order valence-electron chi connectivity index (χ1n) is 5.21. The van der Waals surface area contributed by atoms with Crippen LogP contribution in [0, 0.1) is 0 Å². The zero-order valence-corrected chi connectivity index (χ0v) is 12.2. The Morgan fingerprint density at radius 2 is 2.00 bits per heavy atom. The molecule has 0 spiro atoms. The van der Waals surface area contributed by atoms with Crippen LogP contribution in [0.3, 0.4) is 0 Å². The first-order valence-corrected chi connectivity index (χ1v) is 6.80. The number of benzene rings is 1. The zero-order valence-electron chi connectivity index (χ0n) is 9.07. The van der Waals surface area contributed by atoms with Gasteiger partial charge in [-0.2, -0.15) is 5.10 Å². The van der Waals surface area contributed by atoms with E-state index in [0.717, 1.165) is 17.6 Å². The van der Waals surface area contributed by atoms with Crippen LogP contribution >= 0.6 is 31.9 Å². The molecule has 0 radical (unpaired) electrons. The van der Waals surface area contributed by atoms with Gasteiger partial charge in [-0.05, 0) is 28.1 Å². The summed E-state index contributed by atoms with van der Waals surface area (Å²) >= 11 is 6.66. The third kappa shape index (κ3) is 3.43. The summed E-state index contributed by atoms with van der Waals surface area (Å²) in [4.78, 5) is 0. The van der Waals surface area contributed by atoms with Crippen molar-refractivity contribution in [1.29, 1.82) is 0 Å². The minimum Gasteiger partial charge on any atom is -0.506 e. The monoisotopic (exact) mass is 362 g/mol. The van der Waals surface area contributed by atoms with Crippen molar-refractivity contribution in [3.8, 4) is 5.75 Å². The molecule has 1 aliphatic rings. The van der Waals surface area contributed by atoms with Gasteiger partial charge in [0.15, 0.2) is 0 Å². The minimum atomic E-state index is 0.199. The van der Waals surface area contributed by atoms with Crippen LogP contribution in [0.15, 0.2) is 26.2 Å². The Labute approximate surface area is 117 Å². The molecular weight excluding hydrogens is 352 g/mol. The third-order valence-corrected chi connectivity index (χ3v) is 3.47. The van der Waals surface area contributed by atoms with Gasteiger partial charge in [0.1, 0.15) is 5.75 Å². The molecular formula is C11H12Br2N2O2. The lowest BCUT2D eigenvalue weighted by molar-refractivity contribution is 0.0397. The Morgan fingerprint density at radius 1 is 1.29 bits per heavy atom. The highest BCUT2D eigenvalue weighted by atomic mass is 79.9. The van der Waals surface area contributed by atoms with Crippen LogP contribution < -0.4 is 0 Å². The summed E-state index contributed by atoms with van der Waals surface area (Å²) in [6.45, 7) is 2.97. The Bertz CT molecular complexity index is 432. The summed E-state index contributed by atoms with van der Waals surface area (Å²) in [6.07, 6.45) is 1.66. The van der Waals surface area contributed by atoms with Gasteiger partial charge in [0.05, 0.1) is 37.0 Å². The van der Waals surface area contributed by atoms with Crippen molar-refractivity contribution in [2.24, 2.45) is 5.10 Å². The fourth-order valence-corrected chi connectivity index (χ4v) is 2.76. The van der Waals surface area contributed by atoms with Crippen molar-refractivity contribution in [3.05, 3.63) is 26.6 Å². The summed E-state index contributed by atoms with van der Waals surface area (Å²) in [5.41, 5.74) is 0.678. The van der Waals surface area contributed by atoms with Crippen LogP contribution in [0.4, 0.5) is 0 Å². The van der Waals surface area contributed by atoms with Gasteiger partial charge in [-0.25, -0.2) is 0 Å². The van der Waals surface area contributed by atoms with Gasteiger partial charge < -0.3 is 9.84 Å². The summed E-state index contributed by atoms with van der Waals surface area (Å²) in [7, 11) is 0. The molecule has 1 saturated heterocycles. The number of hydrogen-bond donors (Lipinski definition) is 1. The van der Waals surface area contributed by atoms with Gasteiger partial charge in [0.25, 0.3) is 0 Å². The molecule has 1 N–H and O–H groups in total. The molecule has 2 rings (SSSR count). The topological polar surface area (TPSA) is 45.1 Å². The van der Waals surface area contributed by atoms with Crippen LogP contribution in [0.5, 0.6) is 5.75 Å². The largest absolute Gasteiger partial charge is 0.506 e. The van der Waals surface area contributed by atoms with E-state index in [0.29, 0.717) is 23.2 Å². The maximum atomic E-state index is 9.85. The molecule has 1 heterocycles. The second-order valence-corrected chi connectivity index (χ2v) is 5.41. The molecule has 6 heteroatoms. The average Bonchev–Trinajstić information content (AvgIpc) is 2.33. The molecule has 1 aliphatic heterocycles. The molecule has 1 aromatic rings. The molecule has 0 atom stereocenters. The molecule has 1 aromatic carbocycles. The first kappa shape index (κ1) is 12.9. The second-order valence-electron chi connectivity index (χ2n) is 3.64. The standard InChI is InChI=1S/C11H12Br2N2O2/c12-9-5-8(11(16)10(13)6-9)7-14-15-1-3-17-4-2-15/h5-7,16H,1-4H2/b14-7+. The van der Waals surface area contributed by atoms with Gasteiger partial charge in [-0.1, -0.05) is 15.9 Å².